The van der Waals surface area contributed by atoms with Crippen LogP contribution in [0.1, 0.15) is 11.4 Å². The number of aromatic nitrogens is 3. The van der Waals surface area contributed by atoms with Gasteiger partial charge in [0.25, 0.3) is 0 Å². The van der Waals surface area contributed by atoms with Crippen molar-refractivity contribution in [1.82, 2.24) is 20.5 Å². The average Bonchev–Trinajstić information content (AvgIpc) is 3.21. The van der Waals surface area contributed by atoms with E-state index in [0.717, 1.165) is 22.6 Å². The first-order chi connectivity index (χ1) is 14.5. The van der Waals surface area contributed by atoms with Crippen molar-refractivity contribution in [2.75, 3.05) is 23.9 Å². The van der Waals surface area contributed by atoms with Crippen molar-refractivity contribution in [2.24, 2.45) is 0 Å². The monoisotopic (exact) mass is 425 g/mol. The summed E-state index contributed by atoms with van der Waals surface area (Å²) in [5.41, 5.74) is 2.67. The molecular formula is C21H23N5O3S. The number of carbonyl (C=O) groups is 2. The highest BCUT2D eigenvalue weighted by atomic mass is 32.2. The number of hydrogen-bond donors (Lipinski definition) is 3. The summed E-state index contributed by atoms with van der Waals surface area (Å²) >= 11 is 1.25. The number of benzene rings is 2. The van der Waals surface area contributed by atoms with Crippen LogP contribution in [-0.2, 0) is 16.1 Å². The van der Waals surface area contributed by atoms with Gasteiger partial charge in [-0.1, -0.05) is 12.1 Å². The van der Waals surface area contributed by atoms with Crippen LogP contribution in [0.5, 0.6) is 5.75 Å². The Bertz CT molecular complexity index is 1000. The number of thioether (sulfide) groups is 1. The molecule has 0 aliphatic carbocycles. The number of hydrogen-bond acceptors (Lipinski definition) is 6. The molecule has 30 heavy (non-hydrogen) atoms. The Balaban J connectivity index is 1.38. The van der Waals surface area contributed by atoms with E-state index in [1.54, 1.807) is 7.11 Å². The Kier molecular flexibility index (Phi) is 7.45. The molecule has 1 aromatic heterocycles. The van der Waals surface area contributed by atoms with Gasteiger partial charge in [0.1, 0.15) is 11.6 Å². The molecule has 156 valence electrons. The van der Waals surface area contributed by atoms with Crippen molar-refractivity contribution in [3.05, 3.63) is 59.9 Å². The number of aryl methyl sites for hydroxylation is 1. The molecule has 0 radical (unpaired) electrons. The zero-order valence-corrected chi connectivity index (χ0v) is 17.6. The third-order valence-electron chi connectivity index (χ3n) is 4.10. The zero-order chi connectivity index (χ0) is 21.3. The van der Waals surface area contributed by atoms with E-state index in [1.807, 2.05) is 55.5 Å². The fraction of sp³-hybridized carbons (Fsp3) is 0.238. The lowest BCUT2D eigenvalue weighted by molar-refractivity contribution is -0.118. The van der Waals surface area contributed by atoms with E-state index in [0.29, 0.717) is 11.6 Å². The van der Waals surface area contributed by atoms with Crippen LogP contribution in [0.3, 0.4) is 0 Å². The van der Waals surface area contributed by atoms with Gasteiger partial charge in [-0.05, 0) is 48.9 Å². The van der Waals surface area contributed by atoms with Gasteiger partial charge in [-0.2, -0.15) is 5.10 Å². The van der Waals surface area contributed by atoms with Crippen LogP contribution in [-0.4, -0.2) is 45.6 Å². The van der Waals surface area contributed by atoms with E-state index < -0.39 is 0 Å². The second kappa shape index (κ2) is 10.4. The van der Waals surface area contributed by atoms with Gasteiger partial charge < -0.3 is 15.4 Å². The van der Waals surface area contributed by atoms with Gasteiger partial charge in [0.05, 0.1) is 25.2 Å². The predicted octanol–water partition coefficient (Wildman–Crippen LogP) is 2.78. The molecule has 3 rings (SSSR count). The topological polar surface area (TPSA) is 109 Å². The molecule has 3 N–H and O–H groups in total. The van der Waals surface area contributed by atoms with E-state index in [2.05, 4.69) is 25.8 Å². The Morgan fingerprint density at radius 3 is 2.60 bits per heavy atom. The molecule has 0 saturated carbocycles. The van der Waals surface area contributed by atoms with Gasteiger partial charge >= 0.3 is 0 Å². The van der Waals surface area contributed by atoms with Crippen LogP contribution in [0, 0.1) is 6.92 Å². The molecule has 2 amide bonds. The summed E-state index contributed by atoms with van der Waals surface area (Å²) in [7, 11) is 1.61. The number of aromatic amines is 1. The van der Waals surface area contributed by atoms with Gasteiger partial charge in [-0.3, -0.25) is 14.7 Å². The Hall–Kier alpha value is -3.33. The molecule has 0 fully saturated rings. The molecule has 1 heterocycles. The summed E-state index contributed by atoms with van der Waals surface area (Å²) < 4.78 is 5.13. The number of nitrogens with one attached hydrogen (secondary N) is 3. The summed E-state index contributed by atoms with van der Waals surface area (Å²) in [6.45, 7) is 2.20. The molecule has 2 aromatic carbocycles. The lowest BCUT2D eigenvalue weighted by Crippen LogP contribution is -2.26. The fourth-order valence-electron chi connectivity index (χ4n) is 2.63. The maximum absolute atomic E-state index is 12.0. The number of nitrogens with zero attached hydrogens (tertiary/aromatic N) is 2. The van der Waals surface area contributed by atoms with Crippen LogP contribution in [0.15, 0.2) is 48.5 Å². The quantitative estimate of drug-likeness (QED) is 0.486. The number of amides is 2. The number of anilines is 1. The first kappa shape index (κ1) is 21.4. The molecule has 0 aliphatic heterocycles. The first-order valence-corrected chi connectivity index (χ1v) is 10.5. The number of H-pyrrole nitrogens is 1. The number of ether oxygens (including phenoxy) is 1. The highest BCUT2D eigenvalue weighted by molar-refractivity contribution is 8.00. The van der Waals surface area contributed by atoms with E-state index >= 15 is 0 Å². The second-order valence-corrected chi connectivity index (χ2v) is 7.51. The molecule has 8 nitrogen and oxygen atoms in total. The van der Waals surface area contributed by atoms with Crippen molar-refractivity contribution >= 4 is 29.3 Å². The number of carbonyl (C=O) groups excluding carboxylic acids is 2. The number of rotatable bonds is 9. The van der Waals surface area contributed by atoms with Crippen molar-refractivity contribution < 1.29 is 14.3 Å². The van der Waals surface area contributed by atoms with Gasteiger partial charge in [-0.25, -0.2) is 4.98 Å². The van der Waals surface area contributed by atoms with Gasteiger partial charge in [-0.15, -0.1) is 11.8 Å². The Labute approximate surface area is 178 Å². The summed E-state index contributed by atoms with van der Waals surface area (Å²) in [5.74, 6) is 1.92. The highest BCUT2D eigenvalue weighted by Crippen LogP contribution is 2.18. The van der Waals surface area contributed by atoms with Crippen molar-refractivity contribution in [1.29, 1.82) is 0 Å². The molecule has 0 spiro atoms. The Morgan fingerprint density at radius 1 is 1.10 bits per heavy atom. The SMILES string of the molecule is COc1ccc(-c2n[nH]c(CNC(=O)CSCC(=O)Nc3cccc(C)c3)n2)cc1. The summed E-state index contributed by atoms with van der Waals surface area (Å²) in [6.07, 6.45) is 0. The third kappa shape index (κ3) is 6.35. The standard InChI is InChI=1S/C21H23N5O3S/c1-14-4-3-5-16(10-14)23-20(28)13-30-12-19(27)22-11-18-24-21(26-25-18)15-6-8-17(29-2)9-7-15/h3-10H,11-13H2,1-2H3,(H,22,27)(H,23,28)(H,24,25,26). The molecule has 9 heteroatoms. The van der Waals surface area contributed by atoms with Gasteiger partial charge in [0.2, 0.25) is 11.8 Å². The first-order valence-electron chi connectivity index (χ1n) is 9.30. The van der Waals surface area contributed by atoms with Crippen LogP contribution < -0.4 is 15.4 Å². The van der Waals surface area contributed by atoms with E-state index in [-0.39, 0.29) is 29.9 Å². The smallest absolute Gasteiger partial charge is 0.234 e. The molecule has 3 aromatic rings. The minimum atomic E-state index is -0.175. The van der Waals surface area contributed by atoms with Crippen molar-refractivity contribution in [3.63, 3.8) is 0 Å². The lowest BCUT2D eigenvalue weighted by Gasteiger charge is -2.06. The van der Waals surface area contributed by atoms with Crippen LogP contribution in [0.25, 0.3) is 11.4 Å². The minimum absolute atomic E-state index is 0.141. The minimum Gasteiger partial charge on any atom is -0.497 e. The van der Waals surface area contributed by atoms with E-state index in [4.69, 9.17) is 4.74 Å². The zero-order valence-electron chi connectivity index (χ0n) is 16.8. The average molecular weight is 426 g/mol. The highest BCUT2D eigenvalue weighted by Gasteiger charge is 2.09. The van der Waals surface area contributed by atoms with Gasteiger partial charge in [0.15, 0.2) is 5.82 Å². The summed E-state index contributed by atoms with van der Waals surface area (Å²) in [4.78, 5) is 28.4. The third-order valence-corrected chi connectivity index (χ3v) is 5.03. The Morgan fingerprint density at radius 2 is 1.87 bits per heavy atom. The summed E-state index contributed by atoms with van der Waals surface area (Å²) in [5, 5.41) is 12.6. The number of methoxy groups -OCH3 is 1. The molecule has 0 aliphatic rings. The van der Waals surface area contributed by atoms with E-state index in [1.165, 1.54) is 11.8 Å². The maximum Gasteiger partial charge on any atom is 0.234 e. The molecule has 0 atom stereocenters. The van der Waals surface area contributed by atoms with Crippen LogP contribution in [0.4, 0.5) is 5.69 Å². The molecule has 0 bridgehead atoms. The van der Waals surface area contributed by atoms with Crippen LogP contribution >= 0.6 is 11.8 Å². The van der Waals surface area contributed by atoms with Gasteiger partial charge in [0, 0.05) is 11.3 Å². The van der Waals surface area contributed by atoms with E-state index in [9.17, 15) is 9.59 Å². The molecule has 0 unspecified atom stereocenters. The molecule has 0 saturated heterocycles. The lowest BCUT2D eigenvalue weighted by atomic mass is 10.2. The largest absolute Gasteiger partial charge is 0.497 e. The normalized spacial score (nSPS) is 10.5. The maximum atomic E-state index is 12.0. The van der Waals surface area contributed by atoms with Crippen LogP contribution in [0.2, 0.25) is 0 Å². The second-order valence-electron chi connectivity index (χ2n) is 6.52. The molecular weight excluding hydrogens is 402 g/mol. The summed E-state index contributed by atoms with van der Waals surface area (Å²) in [6, 6.07) is 15.0. The fourth-order valence-corrected chi connectivity index (χ4v) is 3.28. The predicted molar refractivity (Wildman–Crippen MR) is 117 cm³/mol. The van der Waals surface area contributed by atoms with Crippen molar-refractivity contribution in [3.8, 4) is 17.1 Å². The van der Waals surface area contributed by atoms with Crippen molar-refractivity contribution in [2.45, 2.75) is 13.5 Å².